The maximum Gasteiger partial charge on any atom is 0.475 e. The predicted molar refractivity (Wildman–Crippen MR) is 225 cm³/mol. The molecule has 0 fully saturated rings. The summed E-state index contributed by atoms with van der Waals surface area (Å²) in [7, 11) is -1.82. The molecule has 18 heteroatoms. The van der Waals surface area contributed by atoms with E-state index < -0.39 is 103 Å². The minimum atomic E-state index is -1.82. The van der Waals surface area contributed by atoms with E-state index in [1.54, 1.807) is 84.0 Å². The van der Waals surface area contributed by atoms with Crippen molar-refractivity contribution in [1.29, 1.82) is 0 Å². The Morgan fingerprint density at radius 2 is 1.27 bits per heavy atom. The number of benzene rings is 2. The van der Waals surface area contributed by atoms with Gasteiger partial charge >= 0.3 is 19.2 Å². The zero-order chi connectivity index (χ0) is 45.3. The Morgan fingerprint density at radius 1 is 0.700 bits per heavy atom. The molecule has 0 radical (unpaired) electrons. The minimum absolute atomic E-state index is 0.0296. The Balaban J connectivity index is 2.38. The zero-order valence-electron chi connectivity index (χ0n) is 36.0. The van der Waals surface area contributed by atoms with Gasteiger partial charge in [0.2, 0.25) is 29.5 Å². The summed E-state index contributed by atoms with van der Waals surface area (Å²) < 4.78 is 5.17. The lowest BCUT2D eigenvalue weighted by atomic mass is 9.77. The average molecular weight is 839 g/mol. The van der Waals surface area contributed by atoms with Crippen LogP contribution in [0.3, 0.4) is 0 Å². The largest absolute Gasteiger partial charge is 0.481 e. The monoisotopic (exact) mass is 838 g/mol. The quantitative estimate of drug-likeness (QED) is 0.0774. The van der Waals surface area contributed by atoms with Crippen molar-refractivity contribution in [2.75, 3.05) is 0 Å². The number of nitrogens with one attached hydrogen (secondary N) is 6. The molecular weight excluding hydrogens is 775 g/mol. The highest BCUT2D eigenvalue weighted by Crippen LogP contribution is 2.21. The number of rotatable bonds is 22. The molecule has 0 aliphatic carbocycles. The summed E-state index contributed by atoms with van der Waals surface area (Å²) in [6, 6.07) is 9.30. The van der Waals surface area contributed by atoms with Crippen LogP contribution in [0.1, 0.15) is 91.3 Å². The maximum absolute atomic E-state index is 14.3. The Bertz CT molecular complexity index is 1770. The van der Waals surface area contributed by atoms with Crippen LogP contribution in [-0.4, -0.2) is 100 Å². The first-order chi connectivity index (χ1) is 28.0. The number of carbonyl (C=O) groups is 7. The van der Waals surface area contributed by atoms with Crippen molar-refractivity contribution in [3.05, 3.63) is 71.3 Å². The molecule has 1 unspecified atom stereocenters. The van der Waals surface area contributed by atoms with Crippen LogP contribution in [0, 0.1) is 24.2 Å². The summed E-state index contributed by atoms with van der Waals surface area (Å²) in [5.74, 6) is -6.89. The number of aliphatic carboxylic acids is 1. The SMILES string of the molecule is CCC(NC(=O)[C@H](CC(C)C)NC(=O)[C@@H](NC(=O)[C@H](Cc1ccccc1C)NC(=O)[C@H](NC(=O)[C@H](CC(=O)O)NC(=O)OCc1ccccc1)C(C)C)C(C)(C)C)B(O)O. The average Bonchev–Trinajstić information content (AvgIpc) is 3.16. The van der Waals surface area contributed by atoms with Crippen molar-refractivity contribution in [2.24, 2.45) is 17.3 Å². The second-order valence-corrected chi connectivity index (χ2v) is 16.7. The third-order valence-electron chi connectivity index (χ3n) is 9.65. The van der Waals surface area contributed by atoms with Gasteiger partial charge < -0.3 is 51.8 Å². The molecule has 17 nitrogen and oxygen atoms in total. The number of hydrogen-bond donors (Lipinski definition) is 9. The second-order valence-electron chi connectivity index (χ2n) is 16.7. The first-order valence-electron chi connectivity index (χ1n) is 20.1. The first kappa shape index (κ1) is 50.7. The number of alkyl carbamates (subject to hydrolysis) is 1. The fourth-order valence-corrected chi connectivity index (χ4v) is 6.16. The number of aryl methyl sites for hydroxylation is 1. The van der Waals surface area contributed by atoms with Gasteiger partial charge in [0.25, 0.3) is 0 Å². The van der Waals surface area contributed by atoms with Gasteiger partial charge in [0.1, 0.15) is 36.8 Å². The molecule has 330 valence electrons. The number of hydrogen-bond acceptors (Lipinski definition) is 10. The number of carboxylic acid groups (broad SMARTS) is 1. The number of ether oxygens (including phenoxy) is 1. The number of amides is 6. The van der Waals surface area contributed by atoms with E-state index in [4.69, 9.17) is 4.74 Å². The van der Waals surface area contributed by atoms with Crippen LogP contribution in [0.25, 0.3) is 0 Å². The fraction of sp³-hybridized carbons (Fsp3) is 0.548. The molecule has 0 saturated heterocycles. The van der Waals surface area contributed by atoms with Gasteiger partial charge in [-0.05, 0) is 53.7 Å². The molecule has 2 rings (SSSR count). The van der Waals surface area contributed by atoms with E-state index >= 15 is 0 Å². The Kier molecular flexibility index (Phi) is 20.2. The van der Waals surface area contributed by atoms with Crippen LogP contribution < -0.4 is 31.9 Å². The van der Waals surface area contributed by atoms with Crippen LogP contribution in [0.4, 0.5) is 4.79 Å². The van der Waals surface area contributed by atoms with Crippen molar-refractivity contribution >= 4 is 48.7 Å². The summed E-state index contributed by atoms with van der Waals surface area (Å²) in [4.78, 5) is 93.5. The van der Waals surface area contributed by atoms with E-state index in [0.29, 0.717) is 11.1 Å². The van der Waals surface area contributed by atoms with Crippen LogP contribution in [0.15, 0.2) is 54.6 Å². The lowest BCUT2D eigenvalue weighted by Gasteiger charge is -2.34. The Labute approximate surface area is 352 Å². The van der Waals surface area contributed by atoms with Crippen LogP contribution in [-0.2, 0) is 46.5 Å². The van der Waals surface area contributed by atoms with E-state index in [1.165, 1.54) is 0 Å². The van der Waals surface area contributed by atoms with Crippen LogP contribution >= 0.6 is 0 Å². The minimum Gasteiger partial charge on any atom is -0.481 e. The molecule has 0 aliphatic rings. The van der Waals surface area contributed by atoms with E-state index in [9.17, 15) is 48.7 Å². The van der Waals surface area contributed by atoms with E-state index in [0.717, 1.165) is 5.56 Å². The fourth-order valence-electron chi connectivity index (χ4n) is 6.16. The molecule has 0 heterocycles. The third kappa shape index (κ3) is 17.0. The molecule has 60 heavy (non-hydrogen) atoms. The van der Waals surface area contributed by atoms with Gasteiger partial charge in [0, 0.05) is 6.42 Å². The normalized spacial score (nSPS) is 14.3. The molecule has 2 aromatic rings. The van der Waals surface area contributed by atoms with Crippen LogP contribution in [0.2, 0.25) is 0 Å². The maximum atomic E-state index is 14.3. The van der Waals surface area contributed by atoms with Crippen LogP contribution in [0.5, 0.6) is 0 Å². The smallest absolute Gasteiger partial charge is 0.475 e. The van der Waals surface area contributed by atoms with Crippen molar-refractivity contribution in [1.82, 2.24) is 31.9 Å². The summed E-state index contributed by atoms with van der Waals surface area (Å²) >= 11 is 0. The highest BCUT2D eigenvalue weighted by molar-refractivity contribution is 6.43. The molecular formula is C42H63BN6O11. The molecule has 6 atom stereocenters. The summed E-state index contributed by atoms with van der Waals surface area (Å²) in [6.45, 7) is 15.4. The first-order valence-corrected chi connectivity index (χ1v) is 20.1. The molecule has 0 spiro atoms. The van der Waals surface area contributed by atoms with Crippen molar-refractivity contribution in [3.8, 4) is 0 Å². The van der Waals surface area contributed by atoms with Crippen molar-refractivity contribution in [3.63, 3.8) is 0 Å². The summed E-state index contributed by atoms with van der Waals surface area (Å²) in [6.07, 6.45) is -1.49. The molecule has 2 aromatic carbocycles. The molecule has 0 bridgehead atoms. The molecule has 6 amide bonds. The zero-order valence-corrected chi connectivity index (χ0v) is 36.0. The highest BCUT2D eigenvalue weighted by atomic mass is 16.5. The van der Waals surface area contributed by atoms with Gasteiger partial charge in [-0.3, -0.25) is 28.8 Å². The third-order valence-corrected chi connectivity index (χ3v) is 9.65. The summed E-state index contributed by atoms with van der Waals surface area (Å²) in [5, 5.41) is 44.5. The topological polar surface area (TPSA) is 262 Å². The number of carboxylic acids is 1. The molecule has 0 aromatic heterocycles. The molecule has 9 N–H and O–H groups in total. The van der Waals surface area contributed by atoms with Gasteiger partial charge in [0.05, 0.1) is 12.4 Å². The molecule has 0 aliphatic heterocycles. The van der Waals surface area contributed by atoms with Crippen molar-refractivity contribution in [2.45, 2.75) is 131 Å². The predicted octanol–water partition coefficient (Wildman–Crippen LogP) is 1.90. The van der Waals surface area contributed by atoms with Gasteiger partial charge in [-0.2, -0.15) is 0 Å². The number of carbonyl (C=O) groups excluding carboxylic acids is 6. The van der Waals surface area contributed by atoms with Gasteiger partial charge in [0.15, 0.2) is 0 Å². The van der Waals surface area contributed by atoms with E-state index in [1.807, 2.05) is 32.9 Å². The highest BCUT2D eigenvalue weighted by Gasteiger charge is 2.39. The molecule has 0 saturated carbocycles. The van der Waals surface area contributed by atoms with E-state index in [-0.39, 0.29) is 31.8 Å². The summed E-state index contributed by atoms with van der Waals surface area (Å²) in [5.41, 5.74) is 1.24. The standard InChI is InChI=1S/C42H63BN6O11/c1-10-32(43(58)59)47-36(52)29(20-24(2)3)45-40(56)35(42(7,8)9)49-38(54)30(21-28-19-15-14-16-26(28)6)44-39(55)34(25(4)5)48-37(53)31(22-33(50)51)46-41(57)60-23-27-17-12-11-13-18-27/h11-19,24-25,29-32,34-35,58-59H,10,20-23H2,1-9H3,(H,44,55)(H,45,56)(H,46,57)(H,47,52)(H,48,53)(H,49,54)(H,50,51)/t29-,30-,31-,32?,34+,35+/m0/s1. The van der Waals surface area contributed by atoms with E-state index in [2.05, 4.69) is 31.9 Å². The second kappa shape index (κ2) is 23.9. The lowest BCUT2D eigenvalue weighted by Crippen LogP contribution is -2.62. The van der Waals surface area contributed by atoms with Gasteiger partial charge in [-0.1, -0.05) is 110 Å². The lowest BCUT2D eigenvalue weighted by molar-refractivity contribution is -0.140. The van der Waals surface area contributed by atoms with Crippen molar-refractivity contribution < 1.29 is 53.5 Å². The Hall–Kier alpha value is -5.49. The van der Waals surface area contributed by atoms with Gasteiger partial charge in [-0.25, -0.2) is 4.79 Å². The Morgan fingerprint density at radius 3 is 1.80 bits per heavy atom. The van der Waals surface area contributed by atoms with Gasteiger partial charge in [-0.15, -0.1) is 0 Å².